The number of amides is 1. The highest BCUT2D eigenvalue weighted by Crippen LogP contribution is 2.39. The van der Waals surface area contributed by atoms with E-state index in [-0.39, 0.29) is 36.0 Å². The Bertz CT molecular complexity index is 1780. The Labute approximate surface area is 220 Å². The van der Waals surface area contributed by atoms with Gasteiger partial charge in [0.2, 0.25) is 5.88 Å². The molecule has 0 spiro atoms. The van der Waals surface area contributed by atoms with Gasteiger partial charge in [0.25, 0.3) is 11.5 Å². The molecule has 3 heterocycles. The lowest BCUT2D eigenvalue weighted by Gasteiger charge is -2.17. The van der Waals surface area contributed by atoms with Crippen molar-refractivity contribution in [1.82, 2.24) is 14.1 Å². The normalized spacial score (nSPS) is 15.5. The molecule has 0 unspecified atom stereocenters. The van der Waals surface area contributed by atoms with E-state index in [1.807, 2.05) is 12.1 Å². The lowest BCUT2D eigenvalue weighted by molar-refractivity contribution is -0.118. The molecule has 2 aromatic carbocycles. The summed E-state index contributed by atoms with van der Waals surface area (Å²) < 4.78 is 16.2. The molecule has 0 radical (unpaired) electrons. The third-order valence-corrected chi connectivity index (χ3v) is 8.18. The fraction of sp³-hybridized carbons (Fsp3) is 0.250. The molecule has 0 saturated heterocycles. The maximum absolute atomic E-state index is 13.3. The molecule has 0 fully saturated rings. The van der Waals surface area contributed by atoms with Crippen LogP contribution < -0.4 is 5.56 Å². The predicted octanol–water partition coefficient (Wildman–Crippen LogP) is 5.74. The molecule has 1 N–H and O–H groups in total. The SMILES string of the molecule is C[C@@H]1CCc2c(sc3ncn(CC(=O)N=Nc4c(O)n(Cc5ccc(F)cc5)c5ccccc45)c(=O)c23)C1. The molecular formula is C28H24FN5O3S. The van der Waals surface area contributed by atoms with Gasteiger partial charge in [-0.25, -0.2) is 9.37 Å². The molecular weight excluding hydrogens is 505 g/mol. The highest BCUT2D eigenvalue weighted by Gasteiger charge is 2.23. The topological polar surface area (TPSA) is 102 Å². The second kappa shape index (κ2) is 9.60. The Hall–Kier alpha value is -4.18. The van der Waals surface area contributed by atoms with Crippen molar-refractivity contribution < 1.29 is 14.3 Å². The first-order valence-electron chi connectivity index (χ1n) is 12.4. The predicted molar refractivity (Wildman–Crippen MR) is 144 cm³/mol. The smallest absolute Gasteiger partial charge is 0.284 e. The number of aryl methyl sites for hydroxylation is 1. The van der Waals surface area contributed by atoms with Crippen LogP contribution in [0.2, 0.25) is 0 Å². The van der Waals surface area contributed by atoms with Gasteiger partial charge in [-0.2, -0.15) is 0 Å². The van der Waals surface area contributed by atoms with Crippen LogP contribution in [0, 0.1) is 11.7 Å². The number of azo groups is 1. The standard InChI is InChI=1S/C28H24FN5O3S/c1-16-6-11-20-22(12-16)38-26-24(20)27(36)33(15-30-26)14-23(35)31-32-25-19-4-2-3-5-21(19)34(28(25)37)13-17-7-9-18(29)10-8-17/h2-5,7-10,15-16,37H,6,11-14H2,1H3/t16-/m1/s1. The van der Waals surface area contributed by atoms with Gasteiger partial charge in [-0.1, -0.05) is 37.3 Å². The third kappa shape index (κ3) is 4.30. The summed E-state index contributed by atoms with van der Waals surface area (Å²) in [5.74, 6) is -0.560. The van der Waals surface area contributed by atoms with E-state index in [1.54, 1.807) is 40.2 Å². The molecule has 8 nitrogen and oxygen atoms in total. The summed E-state index contributed by atoms with van der Waals surface area (Å²) in [4.78, 5) is 32.3. The quantitative estimate of drug-likeness (QED) is 0.293. The van der Waals surface area contributed by atoms with Gasteiger partial charge in [0.15, 0.2) is 5.69 Å². The number of halogens is 1. The van der Waals surface area contributed by atoms with Crippen molar-refractivity contribution in [3.63, 3.8) is 0 Å². The van der Waals surface area contributed by atoms with Crippen LogP contribution in [0.4, 0.5) is 10.1 Å². The second-order valence-electron chi connectivity index (χ2n) is 9.71. The van der Waals surface area contributed by atoms with Crippen molar-refractivity contribution in [2.45, 2.75) is 39.3 Å². The minimum atomic E-state index is -0.638. The van der Waals surface area contributed by atoms with E-state index in [2.05, 4.69) is 22.1 Å². The Morgan fingerprint density at radius 2 is 2.00 bits per heavy atom. The van der Waals surface area contributed by atoms with Crippen LogP contribution in [0.15, 0.2) is 69.9 Å². The Balaban J connectivity index is 1.28. The van der Waals surface area contributed by atoms with Crippen molar-refractivity contribution in [3.8, 4) is 5.88 Å². The van der Waals surface area contributed by atoms with Crippen molar-refractivity contribution in [2.75, 3.05) is 0 Å². The summed E-state index contributed by atoms with van der Waals surface area (Å²) in [5, 5.41) is 20.1. The zero-order valence-corrected chi connectivity index (χ0v) is 21.4. The molecule has 0 aliphatic heterocycles. The first-order valence-corrected chi connectivity index (χ1v) is 13.2. The zero-order valence-electron chi connectivity index (χ0n) is 20.6. The Morgan fingerprint density at radius 3 is 2.82 bits per heavy atom. The minimum Gasteiger partial charge on any atom is -0.493 e. The summed E-state index contributed by atoms with van der Waals surface area (Å²) in [6.45, 7) is 2.18. The van der Waals surface area contributed by atoms with Crippen LogP contribution in [0.5, 0.6) is 5.88 Å². The summed E-state index contributed by atoms with van der Waals surface area (Å²) in [7, 11) is 0. The lowest BCUT2D eigenvalue weighted by Crippen LogP contribution is -2.24. The molecule has 38 heavy (non-hydrogen) atoms. The fourth-order valence-electron chi connectivity index (χ4n) is 5.06. The van der Waals surface area contributed by atoms with Crippen molar-refractivity contribution in [1.29, 1.82) is 0 Å². The minimum absolute atomic E-state index is 0.151. The number of carbonyl (C=O) groups excluding carboxylic acids is 1. The van der Waals surface area contributed by atoms with Gasteiger partial charge in [-0.05, 0) is 54.5 Å². The molecule has 6 rings (SSSR count). The van der Waals surface area contributed by atoms with Gasteiger partial charge in [0.1, 0.15) is 17.2 Å². The number of fused-ring (bicyclic) bond motifs is 4. The van der Waals surface area contributed by atoms with Crippen LogP contribution in [-0.2, 0) is 30.7 Å². The fourth-order valence-corrected chi connectivity index (χ4v) is 6.41. The van der Waals surface area contributed by atoms with Gasteiger partial charge in [0.05, 0.1) is 23.8 Å². The van der Waals surface area contributed by atoms with E-state index in [0.717, 1.165) is 30.4 Å². The molecule has 0 saturated carbocycles. The van der Waals surface area contributed by atoms with Gasteiger partial charge >= 0.3 is 0 Å². The molecule has 3 aromatic heterocycles. The number of hydrogen-bond donors (Lipinski definition) is 1. The lowest BCUT2D eigenvalue weighted by atomic mass is 9.89. The Kier molecular flexibility index (Phi) is 6.11. The average molecular weight is 530 g/mol. The monoisotopic (exact) mass is 529 g/mol. The maximum atomic E-state index is 13.3. The molecule has 1 aliphatic rings. The van der Waals surface area contributed by atoms with Crippen LogP contribution in [0.3, 0.4) is 0 Å². The van der Waals surface area contributed by atoms with E-state index in [4.69, 9.17) is 0 Å². The van der Waals surface area contributed by atoms with Crippen molar-refractivity contribution in [3.05, 3.63) is 87.0 Å². The third-order valence-electron chi connectivity index (χ3n) is 7.02. The van der Waals surface area contributed by atoms with Gasteiger partial charge in [-0.3, -0.25) is 14.2 Å². The van der Waals surface area contributed by atoms with Gasteiger partial charge in [0, 0.05) is 10.3 Å². The molecule has 192 valence electrons. The molecule has 1 amide bonds. The van der Waals surface area contributed by atoms with Gasteiger partial charge in [-0.15, -0.1) is 21.6 Å². The van der Waals surface area contributed by atoms with E-state index in [1.165, 1.54) is 27.9 Å². The molecule has 1 aliphatic carbocycles. The first kappa shape index (κ1) is 24.2. The van der Waals surface area contributed by atoms with Crippen LogP contribution in [0.25, 0.3) is 21.1 Å². The number of aromatic nitrogens is 3. The first-order chi connectivity index (χ1) is 18.4. The van der Waals surface area contributed by atoms with Crippen LogP contribution in [-0.4, -0.2) is 25.1 Å². The number of thiophene rings is 1. The largest absolute Gasteiger partial charge is 0.493 e. The number of para-hydroxylation sites is 1. The molecule has 10 heteroatoms. The maximum Gasteiger partial charge on any atom is 0.284 e. The molecule has 1 atom stereocenters. The summed E-state index contributed by atoms with van der Waals surface area (Å²) in [6, 6.07) is 13.2. The number of nitrogens with zero attached hydrogens (tertiary/aromatic N) is 5. The number of aromatic hydroxyl groups is 1. The molecule has 0 bridgehead atoms. The number of hydrogen-bond acceptors (Lipinski definition) is 6. The van der Waals surface area contributed by atoms with E-state index in [9.17, 15) is 19.1 Å². The van der Waals surface area contributed by atoms with E-state index >= 15 is 0 Å². The van der Waals surface area contributed by atoms with Crippen LogP contribution in [0.1, 0.15) is 29.3 Å². The second-order valence-corrected chi connectivity index (χ2v) is 10.8. The molecule has 5 aromatic rings. The number of carbonyl (C=O) groups is 1. The van der Waals surface area contributed by atoms with Crippen LogP contribution >= 0.6 is 11.3 Å². The summed E-state index contributed by atoms with van der Waals surface area (Å²) >= 11 is 1.56. The van der Waals surface area contributed by atoms with Crippen molar-refractivity contribution in [2.24, 2.45) is 16.1 Å². The number of benzene rings is 2. The highest BCUT2D eigenvalue weighted by molar-refractivity contribution is 7.18. The highest BCUT2D eigenvalue weighted by atomic mass is 32.1. The summed E-state index contributed by atoms with van der Waals surface area (Å²) in [5.41, 5.74) is 2.44. The van der Waals surface area contributed by atoms with Crippen molar-refractivity contribution >= 4 is 44.1 Å². The van der Waals surface area contributed by atoms with E-state index < -0.39 is 5.91 Å². The summed E-state index contributed by atoms with van der Waals surface area (Å²) in [6.07, 6.45) is 4.20. The Morgan fingerprint density at radius 1 is 1.21 bits per heavy atom. The number of rotatable bonds is 5. The van der Waals surface area contributed by atoms with E-state index in [0.29, 0.717) is 27.0 Å². The average Bonchev–Trinajstić information content (AvgIpc) is 3.40. The van der Waals surface area contributed by atoms with Gasteiger partial charge < -0.3 is 9.67 Å². The zero-order chi connectivity index (χ0) is 26.4.